The maximum atomic E-state index is 12.7. The van der Waals surface area contributed by atoms with Crippen LogP contribution in [0.15, 0.2) is 40.0 Å². The zero-order valence-corrected chi connectivity index (χ0v) is 17.2. The van der Waals surface area contributed by atoms with Gasteiger partial charge in [0.2, 0.25) is 16.8 Å². The van der Waals surface area contributed by atoms with E-state index in [0.717, 1.165) is 0 Å². The van der Waals surface area contributed by atoms with Gasteiger partial charge >= 0.3 is 5.97 Å². The lowest BCUT2D eigenvalue weighted by molar-refractivity contribution is -0.120. The Hall–Kier alpha value is -2.43. The second-order valence-corrected chi connectivity index (χ2v) is 8.67. The molecule has 1 fully saturated rings. The number of halogens is 1. The summed E-state index contributed by atoms with van der Waals surface area (Å²) in [6, 6.07) is 5.71. The number of rotatable bonds is 6. The number of furan rings is 1. The van der Waals surface area contributed by atoms with Crippen LogP contribution in [0.2, 0.25) is 5.02 Å². The highest BCUT2D eigenvalue weighted by molar-refractivity contribution is 7.89. The second kappa shape index (κ2) is 8.93. The molecule has 0 aromatic carbocycles. The molecule has 2 aromatic heterocycles. The molecule has 9 nitrogen and oxygen atoms in total. The van der Waals surface area contributed by atoms with Crippen molar-refractivity contribution in [2.45, 2.75) is 24.9 Å². The average molecular weight is 442 g/mol. The third-order valence-corrected chi connectivity index (χ3v) is 6.45. The summed E-state index contributed by atoms with van der Waals surface area (Å²) < 4.78 is 36.7. The number of ether oxygens (including phenoxy) is 1. The van der Waals surface area contributed by atoms with Gasteiger partial charge in [0.05, 0.1) is 11.6 Å². The number of piperidine rings is 1. The van der Waals surface area contributed by atoms with E-state index >= 15 is 0 Å². The van der Waals surface area contributed by atoms with E-state index in [4.69, 9.17) is 20.8 Å². The predicted octanol–water partition coefficient (Wildman–Crippen LogP) is 2.54. The number of hydrogen-bond donors (Lipinski definition) is 1. The third kappa shape index (κ3) is 4.95. The topological polar surface area (TPSA) is 119 Å². The van der Waals surface area contributed by atoms with Gasteiger partial charge in [0.25, 0.3) is 10.0 Å². The summed E-state index contributed by atoms with van der Waals surface area (Å²) in [6.45, 7) is 2.11. The fraction of sp³-hybridized carbons (Fsp3) is 0.389. The molecule has 1 N–H and O–H groups in total. The number of nitrogens with one attached hydrogen (secondary N) is 1. The fourth-order valence-electron chi connectivity index (χ4n) is 2.93. The van der Waals surface area contributed by atoms with Crippen LogP contribution < -0.4 is 5.32 Å². The van der Waals surface area contributed by atoms with E-state index in [1.807, 2.05) is 0 Å². The van der Waals surface area contributed by atoms with Crippen molar-refractivity contribution in [2.24, 2.45) is 5.92 Å². The molecule has 1 aliphatic heterocycles. The van der Waals surface area contributed by atoms with Gasteiger partial charge in [-0.15, -0.1) is 0 Å². The van der Waals surface area contributed by atoms with Crippen LogP contribution in [0.1, 0.15) is 30.3 Å². The summed E-state index contributed by atoms with van der Waals surface area (Å²) >= 11 is 5.77. The zero-order valence-electron chi connectivity index (χ0n) is 15.6. The van der Waals surface area contributed by atoms with Gasteiger partial charge in [-0.2, -0.15) is 4.31 Å². The molecule has 1 aliphatic rings. The quantitative estimate of drug-likeness (QED) is 0.684. The van der Waals surface area contributed by atoms with Crippen molar-refractivity contribution in [3.05, 3.63) is 41.2 Å². The van der Waals surface area contributed by atoms with Crippen molar-refractivity contribution in [3.63, 3.8) is 0 Å². The van der Waals surface area contributed by atoms with E-state index in [2.05, 4.69) is 10.3 Å². The molecule has 0 saturated carbocycles. The maximum Gasteiger partial charge on any atom is 0.374 e. The summed E-state index contributed by atoms with van der Waals surface area (Å²) in [5, 5.41) is 2.84. The number of pyridine rings is 1. The fourth-order valence-corrected chi connectivity index (χ4v) is 4.43. The molecule has 2 aromatic rings. The minimum absolute atomic E-state index is 0.155. The molecule has 0 radical (unpaired) electrons. The molecule has 1 saturated heterocycles. The number of aromatic nitrogens is 1. The highest BCUT2D eigenvalue weighted by Gasteiger charge is 2.34. The van der Waals surface area contributed by atoms with Crippen LogP contribution in [0.3, 0.4) is 0 Å². The Morgan fingerprint density at radius 2 is 2.00 bits per heavy atom. The molecule has 156 valence electrons. The van der Waals surface area contributed by atoms with E-state index in [-0.39, 0.29) is 42.4 Å². The molecule has 29 heavy (non-hydrogen) atoms. The number of anilines is 1. The summed E-state index contributed by atoms with van der Waals surface area (Å²) in [5.74, 6) is -1.07. The van der Waals surface area contributed by atoms with Crippen molar-refractivity contribution >= 4 is 39.3 Å². The Morgan fingerprint density at radius 3 is 2.62 bits per heavy atom. The standard InChI is InChI=1S/C18H20ClN3O6S/c1-2-27-18(24)14-4-6-16(28-14)29(25,26)22-9-7-12(8-10-22)17(23)21-15-5-3-13(19)11-20-15/h3-6,11-12H,2,7-10H2,1H3,(H,20,21,23). The molecular formula is C18H20ClN3O6S. The Kier molecular flexibility index (Phi) is 6.56. The SMILES string of the molecule is CCOC(=O)c1ccc(S(=O)(=O)N2CCC(C(=O)Nc3ccc(Cl)cn3)CC2)o1. The molecule has 11 heteroatoms. The number of esters is 1. The van der Waals surface area contributed by atoms with Gasteiger partial charge in [-0.05, 0) is 44.0 Å². The monoisotopic (exact) mass is 441 g/mol. The molecule has 3 rings (SSSR count). The van der Waals surface area contributed by atoms with E-state index in [1.165, 1.54) is 22.6 Å². The van der Waals surface area contributed by atoms with Gasteiger partial charge in [0, 0.05) is 25.2 Å². The molecule has 0 unspecified atom stereocenters. The zero-order chi connectivity index (χ0) is 21.0. The highest BCUT2D eigenvalue weighted by Crippen LogP contribution is 2.26. The summed E-state index contributed by atoms with van der Waals surface area (Å²) in [7, 11) is -3.90. The molecule has 0 spiro atoms. The number of nitrogens with zero attached hydrogens (tertiary/aromatic N) is 2. The first-order valence-corrected chi connectivity index (χ1v) is 10.8. The van der Waals surface area contributed by atoms with Crippen molar-refractivity contribution < 1.29 is 27.2 Å². The molecule has 0 atom stereocenters. The maximum absolute atomic E-state index is 12.7. The van der Waals surface area contributed by atoms with E-state index in [1.54, 1.807) is 19.1 Å². The molecule has 3 heterocycles. The Balaban J connectivity index is 1.60. The minimum atomic E-state index is -3.90. The van der Waals surface area contributed by atoms with E-state index in [9.17, 15) is 18.0 Å². The first kappa shape index (κ1) is 21.3. The summed E-state index contributed by atoms with van der Waals surface area (Å²) in [4.78, 5) is 28.1. The highest BCUT2D eigenvalue weighted by atomic mass is 35.5. The van der Waals surface area contributed by atoms with Gasteiger partial charge in [-0.3, -0.25) is 4.79 Å². The van der Waals surface area contributed by atoms with Gasteiger partial charge in [-0.1, -0.05) is 11.6 Å². The summed E-state index contributed by atoms with van der Waals surface area (Å²) in [6.07, 6.45) is 2.13. The number of amides is 1. The van der Waals surface area contributed by atoms with Crippen LogP contribution in [0.5, 0.6) is 0 Å². The van der Waals surface area contributed by atoms with Crippen molar-refractivity contribution in [1.82, 2.24) is 9.29 Å². The lowest BCUT2D eigenvalue weighted by Crippen LogP contribution is -2.41. The van der Waals surface area contributed by atoms with Gasteiger partial charge < -0.3 is 14.5 Å². The normalized spacial score (nSPS) is 15.8. The number of hydrogen-bond acceptors (Lipinski definition) is 7. The number of sulfonamides is 1. The molecular weight excluding hydrogens is 422 g/mol. The van der Waals surface area contributed by atoms with Crippen LogP contribution in [-0.4, -0.2) is 49.3 Å². The Labute approximate surface area is 173 Å². The predicted molar refractivity (Wildman–Crippen MR) is 104 cm³/mol. The largest absolute Gasteiger partial charge is 0.460 e. The van der Waals surface area contributed by atoms with Crippen LogP contribution in [0.25, 0.3) is 0 Å². The lowest BCUT2D eigenvalue weighted by Gasteiger charge is -2.29. The van der Waals surface area contributed by atoms with Crippen molar-refractivity contribution in [2.75, 3.05) is 25.0 Å². The smallest absolute Gasteiger partial charge is 0.374 e. The van der Waals surface area contributed by atoms with E-state index in [0.29, 0.717) is 23.7 Å². The Morgan fingerprint density at radius 1 is 1.28 bits per heavy atom. The first-order chi connectivity index (χ1) is 13.8. The van der Waals surface area contributed by atoms with Gasteiger partial charge in [-0.25, -0.2) is 18.2 Å². The Bertz CT molecular complexity index is 981. The van der Waals surface area contributed by atoms with E-state index < -0.39 is 16.0 Å². The van der Waals surface area contributed by atoms with Crippen LogP contribution in [0, 0.1) is 5.92 Å². The molecule has 0 aliphatic carbocycles. The van der Waals surface area contributed by atoms with Crippen LogP contribution >= 0.6 is 11.6 Å². The average Bonchev–Trinajstić information content (AvgIpc) is 3.21. The second-order valence-electron chi connectivity index (χ2n) is 6.37. The minimum Gasteiger partial charge on any atom is -0.460 e. The number of carbonyl (C=O) groups is 2. The molecule has 0 bridgehead atoms. The molecule has 1 amide bonds. The van der Waals surface area contributed by atoms with Gasteiger partial charge in [0.1, 0.15) is 5.82 Å². The number of carbonyl (C=O) groups excluding carboxylic acids is 2. The lowest BCUT2D eigenvalue weighted by atomic mass is 9.97. The van der Waals surface area contributed by atoms with Crippen LogP contribution in [-0.2, 0) is 19.6 Å². The van der Waals surface area contributed by atoms with Crippen LogP contribution in [0.4, 0.5) is 5.82 Å². The van der Waals surface area contributed by atoms with Crippen molar-refractivity contribution in [1.29, 1.82) is 0 Å². The summed E-state index contributed by atoms with van der Waals surface area (Å²) in [5.41, 5.74) is 0. The van der Waals surface area contributed by atoms with Crippen molar-refractivity contribution in [3.8, 4) is 0 Å². The first-order valence-electron chi connectivity index (χ1n) is 9.00. The van der Waals surface area contributed by atoms with Gasteiger partial charge in [0.15, 0.2) is 0 Å². The third-order valence-electron chi connectivity index (χ3n) is 4.46.